The molecule has 1 heterocycles. The fraction of sp³-hybridized carbons (Fsp3) is 0.429. The molecule has 2 aromatic carbocycles. The van der Waals surface area contributed by atoms with E-state index in [1.165, 1.54) is 0 Å². The van der Waals surface area contributed by atoms with Gasteiger partial charge in [-0.25, -0.2) is 13.1 Å². The summed E-state index contributed by atoms with van der Waals surface area (Å²) in [5, 5.41) is 0. The zero-order valence-corrected chi connectivity index (χ0v) is 17.1. The summed E-state index contributed by atoms with van der Waals surface area (Å²) >= 11 is 0. The summed E-state index contributed by atoms with van der Waals surface area (Å²) in [5.41, 5.74) is 2.57. The maximum atomic E-state index is 12.6. The number of aryl methyl sites for hydroxylation is 2. The van der Waals surface area contributed by atoms with Crippen LogP contribution >= 0.6 is 0 Å². The van der Waals surface area contributed by atoms with Crippen molar-refractivity contribution in [2.45, 2.75) is 44.2 Å². The quantitative estimate of drug-likeness (QED) is 0.825. The minimum atomic E-state index is -3.54. The Morgan fingerprint density at radius 3 is 2.41 bits per heavy atom. The molecule has 5 nitrogen and oxygen atoms in total. The van der Waals surface area contributed by atoms with Crippen molar-refractivity contribution >= 4 is 10.0 Å². The Kier molecular flexibility index (Phi) is 6.19. The lowest BCUT2D eigenvalue weighted by Gasteiger charge is -2.29. The average Bonchev–Trinajstić information content (AvgIpc) is 2.65. The van der Waals surface area contributed by atoms with Gasteiger partial charge in [0.2, 0.25) is 10.0 Å². The molecule has 0 atom stereocenters. The van der Waals surface area contributed by atoms with Gasteiger partial charge < -0.3 is 9.64 Å². The Balaban J connectivity index is 1.59. The van der Waals surface area contributed by atoms with Gasteiger partial charge >= 0.3 is 0 Å². The monoisotopic (exact) mass is 388 g/mol. The summed E-state index contributed by atoms with van der Waals surface area (Å²) in [6.45, 7) is 6.07. The SMILES string of the molecule is Cc1ccc(C)c(S(=O)(=O)NCc2ccc(OC3CCN(C)CC3)cc2)c1. The molecule has 3 rings (SSSR count). The average molecular weight is 389 g/mol. The second-order valence-corrected chi connectivity index (χ2v) is 9.09. The first-order valence-corrected chi connectivity index (χ1v) is 10.8. The maximum absolute atomic E-state index is 12.6. The first-order valence-electron chi connectivity index (χ1n) is 9.34. The Labute approximate surface area is 162 Å². The number of rotatable bonds is 6. The van der Waals surface area contributed by atoms with E-state index < -0.39 is 10.0 Å². The number of ether oxygens (including phenoxy) is 1. The van der Waals surface area contributed by atoms with Crippen molar-refractivity contribution in [2.24, 2.45) is 0 Å². The second-order valence-electron chi connectivity index (χ2n) is 7.36. The van der Waals surface area contributed by atoms with E-state index in [4.69, 9.17) is 4.74 Å². The molecule has 1 aliphatic heterocycles. The molecule has 146 valence electrons. The molecule has 1 N–H and O–H groups in total. The van der Waals surface area contributed by atoms with Gasteiger partial charge in [0.15, 0.2) is 0 Å². The molecular formula is C21H28N2O3S. The predicted octanol–water partition coefficient (Wildman–Crippen LogP) is 3.25. The van der Waals surface area contributed by atoms with Crippen molar-refractivity contribution in [3.05, 3.63) is 59.2 Å². The molecule has 0 saturated carbocycles. The highest BCUT2D eigenvalue weighted by atomic mass is 32.2. The van der Waals surface area contributed by atoms with Crippen LogP contribution < -0.4 is 9.46 Å². The van der Waals surface area contributed by atoms with Crippen LogP contribution in [0.3, 0.4) is 0 Å². The van der Waals surface area contributed by atoms with E-state index in [0.717, 1.165) is 48.4 Å². The first-order chi connectivity index (χ1) is 12.8. The van der Waals surface area contributed by atoms with Gasteiger partial charge in [0.25, 0.3) is 0 Å². The number of piperidine rings is 1. The van der Waals surface area contributed by atoms with Gasteiger partial charge in [0, 0.05) is 19.6 Å². The van der Waals surface area contributed by atoms with Crippen molar-refractivity contribution in [3.8, 4) is 5.75 Å². The number of nitrogens with one attached hydrogen (secondary N) is 1. The molecule has 0 aromatic heterocycles. The van der Waals surface area contributed by atoms with Crippen molar-refractivity contribution < 1.29 is 13.2 Å². The summed E-state index contributed by atoms with van der Waals surface area (Å²) in [7, 11) is -1.41. The minimum absolute atomic E-state index is 0.254. The zero-order chi connectivity index (χ0) is 19.4. The van der Waals surface area contributed by atoms with E-state index in [9.17, 15) is 8.42 Å². The zero-order valence-electron chi connectivity index (χ0n) is 16.2. The topological polar surface area (TPSA) is 58.6 Å². The van der Waals surface area contributed by atoms with E-state index in [1.54, 1.807) is 6.07 Å². The maximum Gasteiger partial charge on any atom is 0.241 e. The van der Waals surface area contributed by atoms with E-state index in [1.807, 2.05) is 50.2 Å². The van der Waals surface area contributed by atoms with Crippen LogP contribution in [0.5, 0.6) is 5.75 Å². The van der Waals surface area contributed by atoms with Crippen LogP contribution in [0.1, 0.15) is 29.5 Å². The van der Waals surface area contributed by atoms with Crippen LogP contribution in [0, 0.1) is 13.8 Å². The van der Waals surface area contributed by atoms with Crippen LogP contribution in [0.4, 0.5) is 0 Å². The smallest absolute Gasteiger partial charge is 0.241 e. The predicted molar refractivity (Wildman–Crippen MR) is 108 cm³/mol. The van der Waals surface area contributed by atoms with Crippen LogP contribution in [0.2, 0.25) is 0 Å². The first kappa shape index (κ1) is 19.9. The van der Waals surface area contributed by atoms with E-state index >= 15 is 0 Å². The number of hydrogen-bond donors (Lipinski definition) is 1. The second kappa shape index (κ2) is 8.42. The van der Waals surface area contributed by atoms with Gasteiger partial charge in [-0.15, -0.1) is 0 Å². The van der Waals surface area contributed by atoms with Gasteiger partial charge in [0.1, 0.15) is 11.9 Å². The van der Waals surface area contributed by atoms with Crippen LogP contribution in [-0.2, 0) is 16.6 Å². The van der Waals surface area contributed by atoms with Gasteiger partial charge in [-0.05, 0) is 68.6 Å². The lowest BCUT2D eigenvalue weighted by atomic mass is 10.1. The normalized spacial score (nSPS) is 16.4. The number of sulfonamides is 1. The van der Waals surface area contributed by atoms with Gasteiger partial charge in [-0.3, -0.25) is 0 Å². The minimum Gasteiger partial charge on any atom is -0.490 e. The molecule has 27 heavy (non-hydrogen) atoms. The molecule has 1 saturated heterocycles. The molecule has 6 heteroatoms. The Morgan fingerprint density at radius 2 is 1.74 bits per heavy atom. The summed E-state index contributed by atoms with van der Waals surface area (Å²) in [6, 6.07) is 13.1. The molecule has 1 fully saturated rings. The molecule has 0 unspecified atom stereocenters. The lowest BCUT2D eigenvalue weighted by molar-refractivity contribution is 0.114. The van der Waals surface area contributed by atoms with Crippen LogP contribution in [-0.4, -0.2) is 39.6 Å². The molecule has 0 amide bonds. The number of hydrogen-bond acceptors (Lipinski definition) is 4. The third-order valence-corrected chi connectivity index (χ3v) is 6.53. The van der Waals surface area contributed by atoms with Crippen LogP contribution in [0.25, 0.3) is 0 Å². The number of nitrogens with zero attached hydrogens (tertiary/aromatic N) is 1. The van der Waals surface area contributed by atoms with Crippen molar-refractivity contribution in [1.82, 2.24) is 9.62 Å². The summed E-state index contributed by atoms with van der Waals surface area (Å²) in [5.74, 6) is 0.839. The van der Waals surface area contributed by atoms with E-state index in [0.29, 0.717) is 4.90 Å². The van der Waals surface area contributed by atoms with Crippen LogP contribution in [0.15, 0.2) is 47.4 Å². The van der Waals surface area contributed by atoms with Gasteiger partial charge in [-0.1, -0.05) is 24.3 Å². The molecule has 1 aliphatic rings. The molecular weight excluding hydrogens is 360 g/mol. The fourth-order valence-corrected chi connectivity index (χ4v) is 4.58. The van der Waals surface area contributed by atoms with Crippen molar-refractivity contribution in [3.63, 3.8) is 0 Å². The molecule has 2 aromatic rings. The number of likely N-dealkylation sites (tertiary alicyclic amines) is 1. The highest BCUT2D eigenvalue weighted by Gasteiger charge is 2.18. The Hall–Kier alpha value is -1.89. The highest BCUT2D eigenvalue weighted by Crippen LogP contribution is 2.20. The van der Waals surface area contributed by atoms with Gasteiger partial charge in [-0.2, -0.15) is 0 Å². The molecule has 0 spiro atoms. The van der Waals surface area contributed by atoms with Gasteiger partial charge in [0.05, 0.1) is 4.90 Å². The molecule has 0 bridgehead atoms. The highest BCUT2D eigenvalue weighted by molar-refractivity contribution is 7.89. The number of benzene rings is 2. The lowest BCUT2D eigenvalue weighted by Crippen LogP contribution is -2.35. The molecule has 0 radical (unpaired) electrons. The largest absolute Gasteiger partial charge is 0.490 e. The third kappa shape index (κ3) is 5.31. The van der Waals surface area contributed by atoms with Crippen molar-refractivity contribution in [1.29, 1.82) is 0 Å². The van der Waals surface area contributed by atoms with E-state index in [-0.39, 0.29) is 12.6 Å². The van der Waals surface area contributed by atoms with E-state index in [2.05, 4.69) is 16.7 Å². The summed E-state index contributed by atoms with van der Waals surface area (Å²) in [6.07, 6.45) is 2.33. The third-order valence-electron chi connectivity index (χ3n) is 4.99. The summed E-state index contributed by atoms with van der Waals surface area (Å²) in [4.78, 5) is 2.65. The fourth-order valence-electron chi connectivity index (χ4n) is 3.23. The Bertz CT molecular complexity index is 871. The standard InChI is InChI=1S/C21H28N2O3S/c1-16-4-5-17(2)21(14-16)27(24,25)22-15-18-6-8-19(9-7-18)26-20-10-12-23(3)13-11-20/h4-9,14,20,22H,10-13,15H2,1-3H3. The molecule has 0 aliphatic carbocycles. The van der Waals surface area contributed by atoms with Crippen molar-refractivity contribution in [2.75, 3.05) is 20.1 Å². The summed E-state index contributed by atoms with van der Waals surface area (Å²) < 4.78 is 33.9. The Morgan fingerprint density at radius 1 is 1.07 bits per heavy atom.